The lowest BCUT2D eigenvalue weighted by Crippen LogP contribution is -2.20. The monoisotopic (exact) mass is 274 g/mol. The van der Waals surface area contributed by atoms with E-state index in [9.17, 15) is 0 Å². The third kappa shape index (κ3) is 1.89. The summed E-state index contributed by atoms with van der Waals surface area (Å²) in [5.74, 6) is 0. The number of anilines is 1. The fourth-order valence-corrected chi connectivity index (χ4v) is 2.50. The van der Waals surface area contributed by atoms with Gasteiger partial charge in [0, 0.05) is 24.1 Å². The molecule has 1 saturated heterocycles. The molecule has 2 rings (SSSR count). The summed E-state index contributed by atoms with van der Waals surface area (Å²) in [6, 6.07) is 1.99. The highest BCUT2D eigenvalue weighted by atomic mass is 79.9. The predicted octanol–water partition coefficient (Wildman–Crippen LogP) is 3.02. The molecule has 1 unspecified atom stereocenters. The van der Waals surface area contributed by atoms with Crippen molar-refractivity contribution in [3.63, 3.8) is 0 Å². The summed E-state index contributed by atoms with van der Waals surface area (Å²) in [7, 11) is 0. The van der Waals surface area contributed by atoms with E-state index in [-0.39, 0.29) is 0 Å². The normalized spacial score (nSPS) is 21.6. The Kier molecular flexibility index (Phi) is 2.98. The van der Waals surface area contributed by atoms with Crippen molar-refractivity contribution in [2.75, 3.05) is 18.0 Å². The molecular weight excluding hydrogens is 263 g/mol. The van der Waals surface area contributed by atoms with Crippen LogP contribution in [0.15, 0.2) is 12.3 Å². The SMILES string of the molecule is Cc1nccc(N2CCC(Br)C2)c1Cl. The Bertz CT molecular complexity index is 343. The second-order valence-corrected chi connectivity index (χ2v) is 5.23. The number of aryl methyl sites for hydroxylation is 1. The Morgan fingerprint density at radius 2 is 2.43 bits per heavy atom. The van der Waals surface area contributed by atoms with E-state index in [1.54, 1.807) is 0 Å². The molecule has 2 nitrogen and oxygen atoms in total. The van der Waals surface area contributed by atoms with Crippen LogP contribution in [0, 0.1) is 6.92 Å². The van der Waals surface area contributed by atoms with Crippen LogP contribution >= 0.6 is 27.5 Å². The van der Waals surface area contributed by atoms with Gasteiger partial charge in [-0.3, -0.25) is 4.98 Å². The highest BCUT2D eigenvalue weighted by Crippen LogP contribution is 2.31. The van der Waals surface area contributed by atoms with E-state index in [1.807, 2.05) is 19.2 Å². The summed E-state index contributed by atoms with van der Waals surface area (Å²) in [5.41, 5.74) is 2.02. The number of nitrogens with zero attached hydrogens (tertiary/aromatic N) is 2. The van der Waals surface area contributed by atoms with Crippen LogP contribution in [0.1, 0.15) is 12.1 Å². The van der Waals surface area contributed by atoms with Gasteiger partial charge in [0.2, 0.25) is 0 Å². The fourth-order valence-electron chi connectivity index (χ4n) is 1.72. The van der Waals surface area contributed by atoms with Crippen molar-refractivity contribution in [2.45, 2.75) is 18.2 Å². The third-order valence-electron chi connectivity index (χ3n) is 2.51. The largest absolute Gasteiger partial charge is 0.369 e. The van der Waals surface area contributed by atoms with E-state index in [0.717, 1.165) is 29.5 Å². The first-order valence-corrected chi connectivity index (χ1v) is 5.98. The topological polar surface area (TPSA) is 16.1 Å². The van der Waals surface area contributed by atoms with Crippen LogP contribution in [-0.4, -0.2) is 22.9 Å². The van der Waals surface area contributed by atoms with Gasteiger partial charge in [0.15, 0.2) is 0 Å². The molecule has 0 amide bonds. The van der Waals surface area contributed by atoms with Gasteiger partial charge in [-0.15, -0.1) is 0 Å². The van der Waals surface area contributed by atoms with Gasteiger partial charge >= 0.3 is 0 Å². The molecule has 0 N–H and O–H groups in total. The zero-order valence-corrected chi connectivity index (χ0v) is 10.3. The van der Waals surface area contributed by atoms with Crippen molar-refractivity contribution in [1.82, 2.24) is 4.98 Å². The van der Waals surface area contributed by atoms with E-state index in [1.165, 1.54) is 6.42 Å². The highest BCUT2D eigenvalue weighted by molar-refractivity contribution is 9.09. The third-order valence-corrected chi connectivity index (χ3v) is 3.73. The van der Waals surface area contributed by atoms with Crippen LogP contribution in [0.2, 0.25) is 5.02 Å². The van der Waals surface area contributed by atoms with Crippen LogP contribution < -0.4 is 4.90 Å². The average Bonchev–Trinajstić information content (AvgIpc) is 2.57. The molecule has 1 atom stereocenters. The number of alkyl halides is 1. The molecule has 14 heavy (non-hydrogen) atoms. The summed E-state index contributed by atoms with van der Waals surface area (Å²) < 4.78 is 0. The molecule has 0 aliphatic carbocycles. The summed E-state index contributed by atoms with van der Waals surface area (Å²) >= 11 is 9.82. The first-order chi connectivity index (χ1) is 6.68. The summed E-state index contributed by atoms with van der Waals surface area (Å²) in [4.78, 5) is 7.05. The molecule has 1 aromatic heterocycles. The molecular formula is C10H12BrClN2. The van der Waals surface area contributed by atoms with Gasteiger partial charge in [0.25, 0.3) is 0 Å². The Labute approximate surface area is 97.4 Å². The zero-order valence-electron chi connectivity index (χ0n) is 8.00. The summed E-state index contributed by atoms with van der Waals surface area (Å²) in [5, 5.41) is 0.786. The molecule has 0 saturated carbocycles. The molecule has 0 spiro atoms. The molecule has 1 aliphatic rings. The van der Waals surface area contributed by atoms with Crippen LogP contribution in [0.3, 0.4) is 0 Å². The van der Waals surface area contributed by atoms with Gasteiger partial charge in [0.05, 0.1) is 16.4 Å². The predicted molar refractivity (Wildman–Crippen MR) is 63.5 cm³/mol. The number of rotatable bonds is 1. The summed E-state index contributed by atoms with van der Waals surface area (Å²) in [6.07, 6.45) is 3.00. The fraction of sp³-hybridized carbons (Fsp3) is 0.500. The van der Waals surface area contributed by atoms with E-state index in [4.69, 9.17) is 11.6 Å². The number of hydrogen-bond donors (Lipinski definition) is 0. The van der Waals surface area contributed by atoms with E-state index < -0.39 is 0 Å². The number of pyridine rings is 1. The standard InChI is InChI=1S/C10H12BrClN2/c1-7-10(12)9(2-4-13-7)14-5-3-8(11)6-14/h2,4,8H,3,5-6H2,1H3. The maximum Gasteiger partial charge on any atom is 0.0851 e. The van der Waals surface area contributed by atoms with Crippen LogP contribution in [0.4, 0.5) is 5.69 Å². The Hall–Kier alpha value is -0.280. The number of hydrogen-bond acceptors (Lipinski definition) is 2. The maximum absolute atomic E-state index is 6.20. The average molecular weight is 276 g/mol. The minimum Gasteiger partial charge on any atom is -0.369 e. The van der Waals surface area contributed by atoms with Gasteiger partial charge in [-0.25, -0.2) is 0 Å². The van der Waals surface area contributed by atoms with Crippen LogP contribution in [0.25, 0.3) is 0 Å². The van der Waals surface area contributed by atoms with Crippen molar-refractivity contribution < 1.29 is 0 Å². The summed E-state index contributed by atoms with van der Waals surface area (Å²) in [6.45, 7) is 4.04. The molecule has 0 bridgehead atoms. The highest BCUT2D eigenvalue weighted by Gasteiger charge is 2.22. The first-order valence-electron chi connectivity index (χ1n) is 4.68. The van der Waals surface area contributed by atoms with Gasteiger partial charge in [-0.2, -0.15) is 0 Å². The second kappa shape index (κ2) is 4.07. The van der Waals surface area contributed by atoms with Crippen LogP contribution in [-0.2, 0) is 0 Å². The van der Waals surface area contributed by atoms with E-state index in [2.05, 4.69) is 25.8 Å². The minimum atomic E-state index is 0.590. The lowest BCUT2D eigenvalue weighted by molar-refractivity contribution is 0.961. The van der Waals surface area contributed by atoms with Gasteiger partial charge in [0.1, 0.15) is 0 Å². The molecule has 2 heterocycles. The zero-order chi connectivity index (χ0) is 10.1. The minimum absolute atomic E-state index is 0.590. The molecule has 1 aliphatic heterocycles. The Morgan fingerprint density at radius 3 is 3.07 bits per heavy atom. The van der Waals surface area contributed by atoms with Crippen molar-refractivity contribution in [3.8, 4) is 0 Å². The van der Waals surface area contributed by atoms with Crippen molar-refractivity contribution >= 4 is 33.2 Å². The van der Waals surface area contributed by atoms with Crippen molar-refractivity contribution in [2.24, 2.45) is 0 Å². The van der Waals surface area contributed by atoms with Gasteiger partial charge in [-0.1, -0.05) is 27.5 Å². The quantitative estimate of drug-likeness (QED) is 0.733. The molecule has 1 aromatic rings. The lowest BCUT2D eigenvalue weighted by Gasteiger charge is -2.19. The second-order valence-electron chi connectivity index (χ2n) is 3.56. The van der Waals surface area contributed by atoms with Crippen molar-refractivity contribution in [3.05, 3.63) is 23.0 Å². The van der Waals surface area contributed by atoms with Crippen molar-refractivity contribution in [1.29, 1.82) is 0 Å². The van der Waals surface area contributed by atoms with Gasteiger partial charge < -0.3 is 4.90 Å². The maximum atomic E-state index is 6.20. The van der Waals surface area contributed by atoms with Gasteiger partial charge in [-0.05, 0) is 19.4 Å². The Morgan fingerprint density at radius 1 is 1.64 bits per heavy atom. The smallest absolute Gasteiger partial charge is 0.0851 e. The number of halogens is 2. The molecule has 0 radical (unpaired) electrons. The van der Waals surface area contributed by atoms with E-state index >= 15 is 0 Å². The van der Waals surface area contributed by atoms with E-state index in [0.29, 0.717) is 4.83 Å². The molecule has 0 aromatic carbocycles. The molecule has 4 heteroatoms. The first kappa shape index (κ1) is 10.2. The molecule has 1 fully saturated rings. The van der Waals surface area contributed by atoms with Crippen LogP contribution in [0.5, 0.6) is 0 Å². The number of aromatic nitrogens is 1. The molecule has 76 valence electrons. The lowest BCUT2D eigenvalue weighted by atomic mass is 10.3. The Balaban J connectivity index is 2.28.